The minimum absolute atomic E-state index is 0.114. The lowest BCUT2D eigenvalue weighted by molar-refractivity contribution is -0.319. The summed E-state index contributed by atoms with van der Waals surface area (Å²) in [4.78, 5) is 30.7. The number of carbonyl (C=O) groups is 2. The number of aromatic amines is 1. The number of H-pyrrole nitrogens is 1. The second-order valence-corrected chi connectivity index (χ2v) is 11.0. The van der Waals surface area contributed by atoms with Gasteiger partial charge >= 0.3 is 17.9 Å². The van der Waals surface area contributed by atoms with Gasteiger partial charge in [-0.3, -0.25) is 4.90 Å². The number of nitrogens with zero attached hydrogens (tertiary/aromatic N) is 1. The lowest BCUT2D eigenvalue weighted by Crippen LogP contribution is -2.56. The third kappa shape index (κ3) is 4.27. The highest BCUT2D eigenvalue weighted by Crippen LogP contribution is 2.40. The van der Waals surface area contributed by atoms with Crippen molar-refractivity contribution in [3.63, 3.8) is 0 Å². The molecule has 2 aromatic heterocycles. The summed E-state index contributed by atoms with van der Waals surface area (Å²) in [5.74, 6) is -3.87. The van der Waals surface area contributed by atoms with Crippen molar-refractivity contribution in [1.82, 2.24) is 9.88 Å². The van der Waals surface area contributed by atoms with E-state index in [1.165, 1.54) is 20.5 Å². The van der Waals surface area contributed by atoms with E-state index < -0.39 is 24.0 Å². The predicted molar refractivity (Wildman–Crippen MR) is 139 cm³/mol. The number of likely N-dealkylation sites (tertiary alicyclic amines) is 1. The van der Waals surface area contributed by atoms with Crippen molar-refractivity contribution in [3.8, 4) is 5.75 Å². The van der Waals surface area contributed by atoms with Crippen LogP contribution in [0.4, 0.5) is 0 Å². The van der Waals surface area contributed by atoms with Crippen molar-refractivity contribution in [2.75, 3.05) is 13.1 Å². The molecule has 4 aromatic rings. The molecule has 0 saturated carbocycles. The number of aromatic nitrogens is 1. The highest BCUT2D eigenvalue weighted by Gasteiger charge is 2.58. The van der Waals surface area contributed by atoms with E-state index in [9.17, 15) is 14.7 Å². The van der Waals surface area contributed by atoms with Gasteiger partial charge < -0.3 is 24.3 Å². The summed E-state index contributed by atoms with van der Waals surface area (Å²) in [6, 6.07) is 16.0. The highest BCUT2D eigenvalue weighted by molar-refractivity contribution is 7.19. The molecule has 0 aliphatic carbocycles. The van der Waals surface area contributed by atoms with Crippen LogP contribution in [-0.2, 0) is 19.1 Å². The SMILES string of the molecule is Cc1cccc2sc([C@@H]3CCN(C[C@H](O)C4(Oc5cccc6[nH]ccc56)OC(=O)C(=O)O4)[C@@H](C)C3)cc12. The van der Waals surface area contributed by atoms with Crippen LogP contribution in [0.25, 0.3) is 21.0 Å². The fourth-order valence-corrected chi connectivity index (χ4v) is 6.71. The number of ether oxygens (including phenoxy) is 3. The Hall–Kier alpha value is -3.40. The maximum Gasteiger partial charge on any atom is 0.451 e. The number of hydrogen-bond donors (Lipinski definition) is 2. The van der Waals surface area contributed by atoms with Crippen LogP contribution in [0.5, 0.6) is 5.75 Å². The molecule has 2 aliphatic rings. The molecule has 2 N–H and O–H groups in total. The van der Waals surface area contributed by atoms with Crippen molar-refractivity contribution < 1.29 is 28.9 Å². The molecule has 6 rings (SSSR count). The molecule has 0 spiro atoms. The molecule has 192 valence electrons. The summed E-state index contributed by atoms with van der Waals surface area (Å²) in [5, 5.41) is 13.3. The Labute approximate surface area is 217 Å². The number of hydrogen-bond acceptors (Lipinski definition) is 8. The summed E-state index contributed by atoms with van der Waals surface area (Å²) in [6.45, 7) is 5.12. The van der Waals surface area contributed by atoms with Crippen LogP contribution < -0.4 is 4.74 Å². The van der Waals surface area contributed by atoms with E-state index in [0.29, 0.717) is 17.1 Å². The number of carbonyl (C=O) groups excluding carboxylic acids is 2. The summed E-state index contributed by atoms with van der Waals surface area (Å²) in [6.07, 6.45) is 2.19. The molecule has 9 heteroatoms. The van der Waals surface area contributed by atoms with E-state index in [1.807, 2.05) is 17.4 Å². The van der Waals surface area contributed by atoms with Gasteiger partial charge in [0.2, 0.25) is 0 Å². The first-order valence-electron chi connectivity index (χ1n) is 12.5. The van der Waals surface area contributed by atoms with Gasteiger partial charge in [0.05, 0.1) is 0 Å². The molecule has 3 atom stereocenters. The highest BCUT2D eigenvalue weighted by atomic mass is 32.1. The zero-order valence-corrected chi connectivity index (χ0v) is 21.4. The smallest absolute Gasteiger partial charge is 0.418 e. The molecular weight excluding hydrogens is 492 g/mol. The molecule has 2 aliphatic heterocycles. The Bertz CT molecular complexity index is 1480. The maximum absolute atomic E-state index is 12.0. The van der Waals surface area contributed by atoms with Crippen molar-refractivity contribution >= 4 is 44.3 Å². The number of aryl methyl sites for hydroxylation is 1. The summed E-state index contributed by atoms with van der Waals surface area (Å²) < 4.78 is 17.8. The second kappa shape index (κ2) is 9.16. The van der Waals surface area contributed by atoms with Crippen molar-refractivity contribution in [2.45, 2.75) is 50.7 Å². The number of cyclic esters (lactones) is 2. The fraction of sp³-hybridized carbons (Fsp3) is 0.357. The Balaban J connectivity index is 1.19. The van der Waals surface area contributed by atoms with Crippen LogP contribution in [0.2, 0.25) is 0 Å². The van der Waals surface area contributed by atoms with Crippen LogP contribution in [-0.4, -0.2) is 58.1 Å². The topological polar surface area (TPSA) is 101 Å². The van der Waals surface area contributed by atoms with E-state index in [-0.39, 0.29) is 12.6 Å². The Morgan fingerprint density at radius 2 is 1.95 bits per heavy atom. The summed E-state index contributed by atoms with van der Waals surface area (Å²) in [7, 11) is 0. The number of esters is 2. The number of rotatable bonds is 6. The number of aliphatic hydroxyl groups excluding tert-OH is 1. The molecule has 2 saturated heterocycles. The first kappa shape index (κ1) is 24.0. The minimum atomic E-state index is -2.25. The Morgan fingerprint density at radius 3 is 2.70 bits per heavy atom. The molecular formula is C28H28N2O6S. The predicted octanol–water partition coefficient (Wildman–Crippen LogP) is 4.45. The number of β-amino-alcohol motifs (C(OH)–C–C–N with tert-alkyl or cyclic N) is 1. The number of fused-ring (bicyclic) bond motifs is 2. The zero-order valence-electron chi connectivity index (χ0n) is 20.6. The molecule has 2 aromatic carbocycles. The van der Waals surface area contributed by atoms with Crippen LogP contribution >= 0.6 is 11.3 Å². The van der Waals surface area contributed by atoms with Gasteiger partial charge in [0.1, 0.15) is 5.75 Å². The third-order valence-electron chi connectivity index (χ3n) is 7.47. The molecule has 2 fully saturated rings. The van der Waals surface area contributed by atoms with Crippen LogP contribution in [0, 0.1) is 6.92 Å². The van der Waals surface area contributed by atoms with E-state index in [1.54, 1.807) is 24.4 Å². The van der Waals surface area contributed by atoms with Gasteiger partial charge in [-0.15, -0.1) is 11.3 Å². The molecule has 0 unspecified atom stereocenters. The van der Waals surface area contributed by atoms with Crippen molar-refractivity contribution in [3.05, 3.63) is 65.2 Å². The molecule has 8 nitrogen and oxygen atoms in total. The standard InChI is InChI=1S/C28H28N2O6S/c1-16-5-3-8-23-20(16)14-24(37-23)18-10-12-30(17(2)13-18)15-25(31)28(35-26(32)27(33)36-28)34-22-7-4-6-21-19(22)9-11-29-21/h3-9,11,14,17-18,25,29,31H,10,12-13,15H2,1-2H3/t17-,18+,25-/m0/s1. The molecule has 0 amide bonds. The monoisotopic (exact) mass is 520 g/mol. The second-order valence-electron chi connectivity index (χ2n) is 9.90. The van der Waals surface area contributed by atoms with Gasteiger partial charge in [-0.1, -0.05) is 18.2 Å². The van der Waals surface area contributed by atoms with Gasteiger partial charge in [0.25, 0.3) is 0 Å². The summed E-state index contributed by atoms with van der Waals surface area (Å²) in [5.41, 5.74) is 2.08. The summed E-state index contributed by atoms with van der Waals surface area (Å²) >= 11 is 1.85. The molecule has 0 radical (unpaired) electrons. The first-order valence-corrected chi connectivity index (χ1v) is 13.3. The van der Waals surface area contributed by atoms with E-state index in [4.69, 9.17) is 14.2 Å². The van der Waals surface area contributed by atoms with E-state index >= 15 is 0 Å². The quantitative estimate of drug-likeness (QED) is 0.286. The number of aliphatic hydroxyl groups is 1. The van der Waals surface area contributed by atoms with Crippen LogP contribution in [0.15, 0.2) is 54.7 Å². The molecule has 37 heavy (non-hydrogen) atoms. The number of nitrogens with one attached hydrogen (secondary N) is 1. The van der Waals surface area contributed by atoms with E-state index in [2.05, 4.69) is 48.0 Å². The molecule has 0 bridgehead atoms. The van der Waals surface area contributed by atoms with Crippen molar-refractivity contribution in [1.29, 1.82) is 0 Å². The fourth-order valence-electron chi connectivity index (χ4n) is 5.42. The number of thiophene rings is 1. The van der Waals surface area contributed by atoms with Gasteiger partial charge in [-0.2, -0.15) is 0 Å². The normalized spacial score (nSPS) is 22.8. The van der Waals surface area contributed by atoms with Crippen molar-refractivity contribution in [2.24, 2.45) is 0 Å². The average Bonchev–Trinajstić information content (AvgIpc) is 3.59. The largest absolute Gasteiger partial charge is 0.451 e. The lowest BCUT2D eigenvalue weighted by atomic mass is 9.89. The molecule has 4 heterocycles. The maximum atomic E-state index is 12.0. The third-order valence-corrected chi connectivity index (χ3v) is 8.74. The van der Waals surface area contributed by atoms with Crippen LogP contribution in [0.1, 0.15) is 36.1 Å². The zero-order chi connectivity index (χ0) is 25.7. The minimum Gasteiger partial charge on any atom is -0.418 e. The van der Waals surface area contributed by atoms with Gasteiger partial charge in [0, 0.05) is 39.3 Å². The average molecular weight is 521 g/mol. The van der Waals surface area contributed by atoms with Gasteiger partial charge in [-0.05, 0) is 80.4 Å². The van der Waals surface area contributed by atoms with Gasteiger partial charge in [0.15, 0.2) is 6.10 Å². The van der Waals surface area contributed by atoms with Gasteiger partial charge in [-0.25, -0.2) is 9.59 Å². The van der Waals surface area contributed by atoms with E-state index in [0.717, 1.165) is 24.9 Å². The lowest BCUT2D eigenvalue weighted by Gasteiger charge is -2.40. The van der Waals surface area contributed by atoms with Crippen LogP contribution in [0.3, 0.4) is 0 Å². The first-order chi connectivity index (χ1) is 17.8. The number of benzene rings is 2. The Morgan fingerprint density at radius 1 is 1.16 bits per heavy atom. The number of piperidine rings is 1. The Kier molecular flexibility index (Phi) is 5.94.